The first kappa shape index (κ1) is 21.6. The molecular weight excluding hydrogens is 440 g/mol. The zero-order valence-electron chi connectivity index (χ0n) is 18.1. The molecule has 3 N–H and O–H groups in total. The number of H-pyrrole nitrogens is 1. The van der Waals surface area contributed by atoms with Crippen LogP contribution in [0.15, 0.2) is 59.5 Å². The van der Waals surface area contributed by atoms with Gasteiger partial charge in [0.15, 0.2) is 5.82 Å². The highest BCUT2D eigenvalue weighted by Crippen LogP contribution is 2.35. The second kappa shape index (κ2) is 9.29. The van der Waals surface area contributed by atoms with Crippen LogP contribution in [0.2, 0.25) is 5.02 Å². The minimum Gasteiger partial charge on any atom is -0.492 e. The average Bonchev–Trinajstić information content (AvgIpc) is 3.20. The molecule has 1 saturated heterocycles. The van der Waals surface area contributed by atoms with Crippen LogP contribution in [0, 0.1) is 5.92 Å². The molecule has 170 valence electrons. The molecule has 1 aliphatic heterocycles. The van der Waals surface area contributed by atoms with Crippen molar-refractivity contribution in [3.8, 4) is 16.9 Å². The van der Waals surface area contributed by atoms with Crippen LogP contribution in [0.4, 0.5) is 5.82 Å². The number of halogens is 1. The van der Waals surface area contributed by atoms with Crippen LogP contribution in [0.25, 0.3) is 22.0 Å². The van der Waals surface area contributed by atoms with Gasteiger partial charge in [-0.05, 0) is 65.8 Å². The van der Waals surface area contributed by atoms with Crippen molar-refractivity contribution in [3.63, 3.8) is 0 Å². The highest BCUT2D eigenvalue weighted by Gasteiger charge is 2.18. The van der Waals surface area contributed by atoms with E-state index in [2.05, 4.69) is 10.2 Å². The lowest BCUT2D eigenvalue weighted by molar-refractivity contribution is 0.0500. The van der Waals surface area contributed by atoms with Gasteiger partial charge in [0, 0.05) is 30.5 Å². The molecule has 0 spiro atoms. The van der Waals surface area contributed by atoms with Crippen molar-refractivity contribution in [2.45, 2.75) is 19.4 Å². The zero-order valence-corrected chi connectivity index (χ0v) is 18.8. The predicted octanol–water partition coefficient (Wildman–Crippen LogP) is 4.48. The van der Waals surface area contributed by atoms with Crippen LogP contribution < -0.4 is 16.0 Å². The van der Waals surface area contributed by atoms with Crippen molar-refractivity contribution in [1.29, 1.82) is 0 Å². The first-order valence-electron chi connectivity index (χ1n) is 11.0. The summed E-state index contributed by atoms with van der Waals surface area (Å²) >= 11 is 6.11. The van der Waals surface area contributed by atoms with Crippen molar-refractivity contribution in [3.05, 3.63) is 75.7 Å². The van der Waals surface area contributed by atoms with Crippen molar-refractivity contribution < 1.29 is 9.47 Å². The van der Waals surface area contributed by atoms with Gasteiger partial charge in [-0.1, -0.05) is 23.7 Å². The summed E-state index contributed by atoms with van der Waals surface area (Å²) in [5.41, 5.74) is 9.59. The molecule has 33 heavy (non-hydrogen) atoms. The molecule has 2 aromatic heterocycles. The van der Waals surface area contributed by atoms with Crippen LogP contribution in [-0.2, 0) is 11.3 Å². The lowest BCUT2D eigenvalue weighted by atomic mass is 10.0. The minimum absolute atomic E-state index is 0.0819. The maximum absolute atomic E-state index is 12.5. The van der Waals surface area contributed by atoms with E-state index in [-0.39, 0.29) is 5.56 Å². The fraction of sp³-hybridized carbons (Fsp3) is 0.280. The van der Waals surface area contributed by atoms with Gasteiger partial charge in [-0.2, -0.15) is 5.10 Å². The monoisotopic (exact) mass is 464 g/mol. The second-order valence-corrected chi connectivity index (χ2v) is 8.82. The summed E-state index contributed by atoms with van der Waals surface area (Å²) in [6, 6.07) is 14.9. The summed E-state index contributed by atoms with van der Waals surface area (Å²) in [6.45, 7) is 2.57. The molecule has 1 aliphatic rings. The molecule has 4 aromatic rings. The number of anilines is 1. The Balaban J connectivity index is 1.48. The Bertz CT molecular complexity index is 1340. The molecule has 5 rings (SSSR count). The first-order valence-corrected chi connectivity index (χ1v) is 11.4. The van der Waals surface area contributed by atoms with E-state index in [0.717, 1.165) is 53.6 Å². The molecule has 2 aromatic carbocycles. The van der Waals surface area contributed by atoms with Crippen LogP contribution in [0.3, 0.4) is 0 Å². The normalized spacial score (nSPS) is 14.6. The van der Waals surface area contributed by atoms with Crippen molar-refractivity contribution in [1.82, 2.24) is 14.8 Å². The van der Waals surface area contributed by atoms with E-state index in [0.29, 0.717) is 35.7 Å². The van der Waals surface area contributed by atoms with E-state index in [1.807, 2.05) is 48.7 Å². The summed E-state index contributed by atoms with van der Waals surface area (Å²) in [5.74, 6) is 1.54. The van der Waals surface area contributed by atoms with Gasteiger partial charge >= 0.3 is 0 Å². The number of benzene rings is 2. The van der Waals surface area contributed by atoms with Gasteiger partial charge < -0.3 is 19.8 Å². The number of rotatable bonds is 6. The number of nitrogens with two attached hydrogens (primary N) is 1. The summed E-state index contributed by atoms with van der Waals surface area (Å²) in [4.78, 5) is 12.5. The first-order chi connectivity index (χ1) is 16.1. The number of nitrogens with one attached hydrogen (secondary N) is 1. The second-order valence-electron chi connectivity index (χ2n) is 8.39. The van der Waals surface area contributed by atoms with Gasteiger partial charge in [0.1, 0.15) is 5.75 Å². The molecule has 0 unspecified atom stereocenters. The molecule has 8 heteroatoms. The fourth-order valence-corrected chi connectivity index (χ4v) is 4.42. The maximum atomic E-state index is 12.5. The van der Waals surface area contributed by atoms with Gasteiger partial charge in [0.05, 0.1) is 24.1 Å². The largest absolute Gasteiger partial charge is 0.492 e. The van der Waals surface area contributed by atoms with Gasteiger partial charge in [0.25, 0.3) is 5.56 Å². The molecule has 0 atom stereocenters. The van der Waals surface area contributed by atoms with Crippen molar-refractivity contribution in [2.24, 2.45) is 5.92 Å². The van der Waals surface area contributed by atoms with Gasteiger partial charge in [-0.3, -0.25) is 9.89 Å². The molecule has 0 amide bonds. The van der Waals surface area contributed by atoms with Crippen molar-refractivity contribution >= 4 is 28.3 Å². The Morgan fingerprint density at radius 2 is 2.00 bits per heavy atom. The molecule has 0 bridgehead atoms. The molecule has 7 nitrogen and oxygen atoms in total. The van der Waals surface area contributed by atoms with E-state index in [4.69, 9.17) is 26.8 Å². The lowest BCUT2D eigenvalue weighted by Crippen LogP contribution is -2.21. The van der Waals surface area contributed by atoms with Gasteiger partial charge in [0.2, 0.25) is 0 Å². The Morgan fingerprint density at radius 3 is 2.82 bits per heavy atom. The fourth-order valence-electron chi connectivity index (χ4n) is 4.20. The Labute approximate surface area is 196 Å². The Hall–Kier alpha value is -3.29. The molecule has 3 heterocycles. The summed E-state index contributed by atoms with van der Waals surface area (Å²) in [6.07, 6.45) is 3.82. The SMILES string of the molecule is Nc1n[nH]c2cc(-c3ccc(=O)n(Cc4cccc(Cl)c4)c3)cc(OCC3CCOCC3)c12. The smallest absolute Gasteiger partial charge is 0.250 e. The number of ether oxygens (including phenoxy) is 2. The third kappa shape index (κ3) is 4.74. The van der Waals surface area contributed by atoms with Gasteiger partial charge in [-0.25, -0.2) is 0 Å². The molecule has 0 saturated carbocycles. The Kier molecular flexibility index (Phi) is 6.07. The van der Waals surface area contributed by atoms with Crippen LogP contribution >= 0.6 is 11.6 Å². The number of pyridine rings is 1. The highest BCUT2D eigenvalue weighted by molar-refractivity contribution is 6.30. The number of aromatic nitrogens is 3. The van der Waals surface area contributed by atoms with Crippen LogP contribution in [-0.4, -0.2) is 34.6 Å². The van der Waals surface area contributed by atoms with E-state index < -0.39 is 0 Å². The van der Waals surface area contributed by atoms with Gasteiger partial charge in [-0.15, -0.1) is 0 Å². The topological polar surface area (TPSA) is 95.2 Å². The summed E-state index contributed by atoms with van der Waals surface area (Å²) in [5, 5.41) is 8.58. The third-order valence-electron chi connectivity index (χ3n) is 6.03. The van der Waals surface area contributed by atoms with E-state index >= 15 is 0 Å². The zero-order chi connectivity index (χ0) is 22.8. The van der Waals surface area contributed by atoms with E-state index in [1.165, 1.54) is 0 Å². The number of hydrogen-bond acceptors (Lipinski definition) is 5. The molecule has 0 radical (unpaired) electrons. The lowest BCUT2D eigenvalue weighted by Gasteiger charge is -2.22. The summed E-state index contributed by atoms with van der Waals surface area (Å²) < 4.78 is 13.4. The van der Waals surface area contributed by atoms with E-state index in [1.54, 1.807) is 10.6 Å². The molecular formula is C25H25ClN4O3. The number of hydrogen-bond donors (Lipinski definition) is 2. The predicted molar refractivity (Wildman–Crippen MR) is 130 cm³/mol. The molecule has 0 aliphatic carbocycles. The number of nitrogen functional groups attached to an aromatic ring is 1. The minimum atomic E-state index is -0.0819. The molecule has 1 fully saturated rings. The number of fused-ring (bicyclic) bond motifs is 1. The van der Waals surface area contributed by atoms with Crippen molar-refractivity contribution in [2.75, 3.05) is 25.6 Å². The Morgan fingerprint density at radius 1 is 1.15 bits per heavy atom. The quantitative estimate of drug-likeness (QED) is 0.438. The maximum Gasteiger partial charge on any atom is 0.250 e. The highest BCUT2D eigenvalue weighted by atomic mass is 35.5. The van der Waals surface area contributed by atoms with Crippen LogP contribution in [0.1, 0.15) is 18.4 Å². The number of aromatic amines is 1. The summed E-state index contributed by atoms with van der Waals surface area (Å²) in [7, 11) is 0. The average molecular weight is 465 g/mol. The standard InChI is InChI=1S/C25H25ClN4O3/c26-20-3-1-2-17(10-20)13-30-14-18(4-5-23(30)31)19-11-21-24(25(27)29-28-21)22(12-19)33-15-16-6-8-32-9-7-16/h1-5,10-12,14,16H,6-9,13,15H2,(H3,27,28,29). The van der Waals surface area contributed by atoms with Crippen LogP contribution in [0.5, 0.6) is 5.75 Å². The number of nitrogens with zero attached hydrogens (tertiary/aromatic N) is 2. The van der Waals surface area contributed by atoms with E-state index in [9.17, 15) is 4.79 Å². The third-order valence-corrected chi connectivity index (χ3v) is 6.26.